The molecule has 0 aliphatic carbocycles. The zero-order valence-corrected chi connectivity index (χ0v) is 36.1. The number of hydrogen-bond donors (Lipinski definition) is 0. The molecule has 2 nitrogen and oxygen atoms in total. The summed E-state index contributed by atoms with van der Waals surface area (Å²) in [6.07, 6.45) is 0. The van der Waals surface area contributed by atoms with Crippen LogP contribution in [0.25, 0.3) is 104 Å². The first kappa shape index (κ1) is 37.8. The Balaban J connectivity index is 1.01. The first-order chi connectivity index (χ1) is 32.8. The minimum absolute atomic E-state index is 1.09. The topological polar surface area (TPSA) is 8.17 Å². The molecule has 0 aliphatic heterocycles. The molecule has 13 aromatic rings. The van der Waals surface area contributed by atoms with Crippen LogP contribution in [0.5, 0.6) is 0 Å². The molecule has 13 rings (SSSR count). The van der Waals surface area contributed by atoms with E-state index in [0.717, 1.165) is 28.3 Å². The van der Waals surface area contributed by atoms with E-state index in [1.54, 1.807) is 0 Å². The Morgan fingerprint density at radius 2 is 0.773 bits per heavy atom. The molecule has 0 radical (unpaired) electrons. The van der Waals surface area contributed by atoms with E-state index in [0.29, 0.717) is 0 Å². The van der Waals surface area contributed by atoms with Crippen molar-refractivity contribution in [3.05, 3.63) is 255 Å². The fourth-order valence-electron chi connectivity index (χ4n) is 10.6. The zero-order chi connectivity index (χ0) is 43.6. The molecule has 0 unspecified atom stereocenters. The van der Waals surface area contributed by atoms with E-state index in [4.69, 9.17) is 0 Å². The smallest absolute Gasteiger partial charge is 0.0561 e. The predicted octanol–water partition coefficient (Wildman–Crippen LogP) is 17.9. The van der Waals surface area contributed by atoms with Crippen LogP contribution in [0.15, 0.2) is 255 Å². The normalized spacial score (nSPS) is 11.6. The molecule has 0 atom stereocenters. The van der Waals surface area contributed by atoms with E-state index in [-0.39, 0.29) is 0 Å². The molecule has 0 fully saturated rings. The maximum Gasteiger partial charge on any atom is 0.0561 e. The Morgan fingerprint density at radius 3 is 1.53 bits per heavy atom. The highest BCUT2D eigenvalue weighted by atomic mass is 15.1. The lowest BCUT2D eigenvalue weighted by atomic mass is 9.84. The molecule has 0 saturated heterocycles. The number of para-hydroxylation sites is 2. The number of benzene rings is 12. The second-order valence-electron chi connectivity index (χ2n) is 17.2. The van der Waals surface area contributed by atoms with Gasteiger partial charge in [0.1, 0.15) is 0 Å². The Labute approximate surface area is 383 Å². The van der Waals surface area contributed by atoms with Crippen LogP contribution >= 0.6 is 0 Å². The first-order valence-corrected chi connectivity index (χ1v) is 22.8. The summed E-state index contributed by atoms with van der Waals surface area (Å²) in [7, 11) is 0. The maximum absolute atomic E-state index is 2.44. The highest BCUT2D eigenvalue weighted by Crippen LogP contribution is 2.47. The molecule has 1 heterocycles. The van der Waals surface area contributed by atoms with Gasteiger partial charge in [-0.05, 0) is 126 Å². The fourth-order valence-corrected chi connectivity index (χ4v) is 10.6. The summed E-state index contributed by atoms with van der Waals surface area (Å²) in [5.74, 6) is 0. The number of fused-ring (bicyclic) bond motifs is 9. The van der Waals surface area contributed by atoms with Crippen molar-refractivity contribution in [2.24, 2.45) is 0 Å². The lowest BCUT2D eigenvalue weighted by Gasteiger charge is -2.27. The standard InChI is InChI=1S/C64H42N2/c1-4-18-45(19-5-1)63-58-27-13-12-25-53(58)54-38-34-47(41-59(54)64(63)46-20-6-2-7-21-46)43-31-35-49(36-32-43)65(60-30-16-28-52-51-24-11-10-17-44(51)33-39-56(52)60)50-37-40-57-55-26-14-15-29-61(55)66(62(57)42-50)48-22-8-3-9-23-48/h1-42H. The van der Waals surface area contributed by atoms with E-state index in [1.807, 2.05) is 0 Å². The van der Waals surface area contributed by atoms with E-state index < -0.39 is 0 Å². The fraction of sp³-hybridized carbons (Fsp3) is 0. The number of hydrogen-bond acceptors (Lipinski definition) is 1. The van der Waals surface area contributed by atoms with Crippen LogP contribution < -0.4 is 4.90 Å². The summed E-state index contributed by atoms with van der Waals surface area (Å²) in [5.41, 5.74) is 14.1. The highest BCUT2D eigenvalue weighted by molar-refractivity contribution is 6.22. The van der Waals surface area contributed by atoms with Gasteiger partial charge in [0.05, 0.1) is 16.7 Å². The molecular weight excluding hydrogens is 797 g/mol. The summed E-state index contributed by atoms with van der Waals surface area (Å²) in [6, 6.07) is 93.3. The van der Waals surface area contributed by atoms with Gasteiger partial charge in [-0.3, -0.25) is 0 Å². The van der Waals surface area contributed by atoms with E-state index in [9.17, 15) is 0 Å². The number of anilines is 3. The molecule has 308 valence electrons. The van der Waals surface area contributed by atoms with Gasteiger partial charge in [0.25, 0.3) is 0 Å². The number of rotatable bonds is 7. The van der Waals surface area contributed by atoms with Crippen LogP contribution in [-0.2, 0) is 0 Å². The van der Waals surface area contributed by atoms with Crippen molar-refractivity contribution < 1.29 is 0 Å². The Hall–Kier alpha value is -8.72. The van der Waals surface area contributed by atoms with Gasteiger partial charge in [0.2, 0.25) is 0 Å². The van der Waals surface area contributed by atoms with Crippen LogP contribution in [0.3, 0.4) is 0 Å². The SMILES string of the molecule is c1ccc(-c2c(-c3ccccc3)c3cc(-c4ccc(N(c5ccc6c7ccccc7n(-c7ccccc7)c6c5)c5cccc6c5ccc5ccccc56)cc4)ccc3c3ccccc23)cc1. The third kappa shape index (κ3) is 6.11. The van der Waals surface area contributed by atoms with Gasteiger partial charge < -0.3 is 9.47 Å². The quantitative estimate of drug-likeness (QED) is 0.145. The van der Waals surface area contributed by atoms with Crippen LogP contribution in [0.1, 0.15) is 0 Å². The van der Waals surface area contributed by atoms with Crippen LogP contribution in [0.4, 0.5) is 17.1 Å². The molecule has 0 spiro atoms. The van der Waals surface area contributed by atoms with Crippen molar-refractivity contribution in [2.75, 3.05) is 4.90 Å². The van der Waals surface area contributed by atoms with Crippen LogP contribution in [0, 0.1) is 0 Å². The van der Waals surface area contributed by atoms with Crippen molar-refractivity contribution in [1.82, 2.24) is 4.57 Å². The van der Waals surface area contributed by atoms with E-state index in [1.165, 1.54) is 92.7 Å². The summed E-state index contributed by atoms with van der Waals surface area (Å²) < 4.78 is 2.40. The van der Waals surface area contributed by atoms with Gasteiger partial charge in [-0.1, -0.05) is 200 Å². The van der Waals surface area contributed by atoms with Crippen LogP contribution in [0.2, 0.25) is 0 Å². The largest absolute Gasteiger partial charge is 0.310 e. The van der Waals surface area contributed by atoms with Crippen LogP contribution in [-0.4, -0.2) is 4.57 Å². The van der Waals surface area contributed by atoms with Crippen molar-refractivity contribution >= 4 is 82.0 Å². The lowest BCUT2D eigenvalue weighted by Crippen LogP contribution is -2.10. The van der Waals surface area contributed by atoms with Crippen molar-refractivity contribution in [2.45, 2.75) is 0 Å². The molecule has 66 heavy (non-hydrogen) atoms. The summed E-state index contributed by atoms with van der Waals surface area (Å²) in [4.78, 5) is 2.44. The molecule has 0 amide bonds. The van der Waals surface area contributed by atoms with E-state index >= 15 is 0 Å². The molecule has 0 aliphatic rings. The molecular formula is C64H42N2. The van der Waals surface area contributed by atoms with Gasteiger partial charge in [-0.25, -0.2) is 0 Å². The predicted molar refractivity (Wildman–Crippen MR) is 282 cm³/mol. The minimum Gasteiger partial charge on any atom is -0.310 e. The summed E-state index contributed by atoms with van der Waals surface area (Å²) >= 11 is 0. The monoisotopic (exact) mass is 838 g/mol. The molecule has 1 aromatic heterocycles. The Morgan fingerprint density at radius 1 is 0.258 bits per heavy atom. The second kappa shape index (κ2) is 15.5. The maximum atomic E-state index is 2.44. The molecule has 0 saturated carbocycles. The van der Waals surface area contributed by atoms with Gasteiger partial charge >= 0.3 is 0 Å². The van der Waals surface area contributed by atoms with Gasteiger partial charge in [0.15, 0.2) is 0 Å². The lowest BCUT2D eigenvalue weighted by molar-refractivity contribution is 1.18. The number of aromatic nitrogens is 1. The van der Waals surface area contributed by atoms with Crippen molar-refractivity contribution in [3.8, 4) is 39.1 Å². The second-order valence-corrected chi connectivity index (χ2v) is 17.2. The summed E-state index contributed by atoms with van der Waals surface area (Å²) in [6.45, 7) is 0. The van der Waals surface area contributed by atoms with Crippen molar-refractivity contribution in [3.63, 3.8) is 0 Å². The third-order valence-electron chi connectivity index (χ3n) is 13.5. The van der Waals surface area contributed by atoms with Gasteiger partial charge in [-0.2, -0.15) is 0 Å². The molecule has 0 bridgehead atoms. The highest BCUT2D eigenvalue weighted by Gasteiger charge is 2.21. The minimum atomic E-state index is 1.09. The molecule has 0 N–H and O–H groups in total. The molecule has 2 heteroatoms. The average Bonchev–Trinajstić information content (AvgIpc) is 3.73. The summed E-state index contributed by atoms with van der Waals surface area (Å²) in [5, 5.41) is 12.4. The molecule has 12 aromatic carbocycles. The van der Waals surface area contributed by atoms with Crippen molar-refractivity contribution in [1.29, 1.82) is 0 Å². The number of nitrogens with zero attached hydrogens (tertiary/aromatic N) is 2. The Bertz CT molecular complexity index is 3960. The van der Waals surface area contributed by atoms with Gasteiger partial charge in [0, 0.05) is 33.2 Å². The zero-order valence-electron chi connectivity index (χ0n) is 36.1. The van der Waals surface area contributed by atoms with E-state index in [2.05, 4.69) is 264 Å². The first-order valence-electron chi connectivity index (χ1n) is 22.8. The Kier molecular flexibility index (Phi) is 8.89. The van der Waals surface area contributed by atoms with Gasteiger partial charge in [-0.15, -0.1) is 0 Å². The average molecular weight is 839 g/mol. The third-order valence-corrected chi connectivity index (χ3v) is 13.5.